The van der Waals surface area contributed by atoms with Crippen molar-refractivity contribution in [1.82, 2.24) is 0 Å². The minimum atomic E-state index is -4.97. The first-order valence-corrected chi connectivity index (χ1v) is 11.3. The third-order valence-corrected chi connectivity index (χ3v) is 5.78. The molecule has 37 heavy (non-hydrogen) atoms. The molecule has 0 spiro atoms. The van der Waals surface area contributed by atoms with Crippen LogP contribution in [-0.4, -0.2) is 20.0 Å². The highest BCUT2D eigenvalue weighted by Crippen LogP contribution is 2.60. The Morgan fingerprint density at radius 3 is 1.81 bits per heavy atom. The molecule has 0 fully saturated rings. The average Bonchev–Trinajstić information content (AvgIpc) is 2.85. The van der Waals surface area contributed by atoms with Crippen LogP contribution in [0.25, 0.3) is 11.1 Å². The molecular formula is C27H23F7O3. The summed E-state index contributed by atoms with van der Waals surface area (Å²) in [7, 11) is 1.02. The lowest BCUT2D eigenvalue weighted by Crippen LogP contribution is -2.41. The van der Waals surface area contributed by atoms with Crippen molar-refractivity contribution in [3.8, 4) is 22.6 Å². The predicted molar refractivity (Wildman–Crippen MR) is 123 cm³/mol. The minimum absolute atomic E-state index is 0.0416. The second-order valence-electron chi connectivity index (χ2n) is 8.11. The summed E-state index contributed by atoms with van der Waals surface area (Å²) in [4.78, 5) is 10.3. The van der Waals surface area contributed by atoms with Gasteiger partial charge in [0.05, 0.1) is 24.8 Å². The molecule has 198 valence electrons. The van der Waals surface area contributed by atoms with Crippen molar-refractivity contribution in [2.75, 3.05) is 13.7 Å². The summed E-state index contributed by atoms with van der Waals surface area (Å²) >= 11 is 0. The molecule has 3 aromatic carbocycles. The quantitative estimate of drug-likeness (QED) is 0.242. The van der Waals surface area contributed by atoms with Gasteiger partial charge in [0.1, 0.15) is 12.1 Å². The van der Waals surface area contributed by atoms with Gasteiger partial charge in [-0.2, -0.15) is 17.6 Å². The maximum Gasteiger partial charge on any atom is 0.343 e. The van der Waals surface area contributed by atoms with Crippen molar-refractivity contribution >= 4 is 6.29 Å². The summed E-state index contributed by atoms with van der Waals surface area (Å²) in [6.07, 6.45) is 2.29. The van der Waals surface area contributed by atoms with Gasteiger partial charge in [-0.05, 0) is 60.4 Å². The number of fused-ring (bicyclic) bond motifs is 3. The van der Waals surface area contributed by atoms with Gasteiger partial charge in [-0.1, -0.05) is 25.5 Å². The van der Waals surface area contributed by atoms with Crippen LogP contribution in [-0.2, 0) is 18.3 Å². The van der Waals surface area contributed by atoms with Crippen molar-refractivity contribution < 1.29 is 45.0 Å². The number of aldehydes is 1. The molecule has 0 amide bonds. The van der Waals surface area contributed by atoms with Crippen LogP contribution in [0.4, 0.5) is 30.7 Å². The Balaban J connectivity index is 0.000000266. The normalized spacial score (nSPS) is 14.5. The van der Waals surface area contributed by atoms with Gasteiger partial charge in [-0.3, -0.25) is 4.79 Å². The van der Waals surface area contributed by atoms with Crippen LogP contribution in [0.3, 0.4) is 0 Å². The maximum absolute atomic E-state index is 14.5. The Hall–Kier alpha value is -3.56. The van der Waals surface area contributed by atoms with Gasteiger partial charge in [-0.15, -0.1) is 0 Å². The van der Waals surface area contributed by atoms with Crippen LogP contribution in [0, 0.1) is 17.5 Å². The highest BCUT2D eigenvalue weighted by Gasteiger charge is 2.65. The van der Waals surface area contributed by atoms with E-state index in [1.807, 2.05) is 6.92 Å². The molecule has 10 heteroatoms. The SMILES string of the molecule is CCCc1ccc(C=O)cc1F.CCOc1ccc2c(c1F)C(F)(F)C(F)(F)c1c-2ccc(OC)c1F. The van der Waals surface area contributed by atoms with E-state index in [4.69, 9.17) is 4.74 Å². The zero-order chi connectivity index (χ0) is 27.5. The molecule has 0 aliphatic heterocycles. The van der Waals surface area contributed by atoms with Gasteiger partial charge >= 0.3 is 11.8 Å². The Bertz CT molecular complexity index is 1310. The topological polar surface area (TPSA) is 35.5 Å². The zero-order valence-corrected chi connectivity index (χ0v) is 20.1. The summed E-state index contributed by atoms with van der Waals surface area (Å²) in [5, 5.41) is 0. The molecule has 0 bridgehead atoms. The molecule has 0 aromatic heterocycles. The van der Waals surface area contributed by atoms with E-state index in [9.17, 15) is 35.5 Å². The van der Waals surface area contributed by atoms with E-state index >= 15 is 0 Å². The Morgan fingerprint density at radius 1 is 0.811 bits per heavy atom. The average molecular weight is 528 g/mol. The first kappa shape index (κ1) is 28.0. The lowest BCUT2D eigenvalue weighted by atomic mass is 9.79. The molecule has 0 atom stereocenters. The third kappa shape index (κ3) is 4.89. The lowest BCUT2D eigenvalue weighted by Gasteiger charge is -2.35. The number of benzene rings is 3. The van der Waals surface area contributed by atoms with Crippen molar-refractivity contribution in [3.05, 3.63) is 82.2 Å². The van der Waals surface area contributed by atoms with Crippen molar-refractivity contribution in [2.24, 2.45) is 0 Å². The third-order valence-electron chi connectivity index (χ3n) is 5.78. The smallest absolute Gasteiger partial charge is 0.343 e. The molecule has 0 heterocycles. The largest absolute Gasteiger partial charge is 0.494 e. The second-order valence-corrected chi connectivity index (χ2v) is 8.11. The van der Waals surface area contributed by atoms with Gasteiger partial charge in [0.25, 0.3) is 0 Å². The number of ether oxygens (including phenoxy) is 2. The molecule has 4 rings (SSSR count). The predicted octanol–water partition coefficient (Wildman–Crippen LogP) is 7.83. The lowest BCUT2D eigenvalue weighted by molar-refractivity contribution is -0.228. The number of hydrogen-bond acceptors (Lipinski definition) is 3. The summed E-state index contributed by atoms with van der Waals surface area (Å²) < 4.78 is 109. The Labute approximate surface area is 208 Å². The number of carbonyl (C=O) groups excluding carboxylic acids is 1. The molecular weight excluding hydrogens is 505 g/mol. The molecule has 0 radical (unpaired) electrons. The number of rotatable bonds is 6. The maximum atomic E-state index is 14.5. The molecule has 3 aromatic rings. The van der Waals surface area contributed by atoms with Gasteiger partial charge in [0.15, 0.2) is 23.1 Å². The van der Waals surface area contributed by atoms with Crippen molar-refractivity contribution in [2.45, 2.75) is 38.5 Å². The number of methoxy groups -OCH3 is 1. The number of aryl methyl sites for hydroxylation is 1. The molecule has 0 N–H and O–H groups in total. The fourth-order valence-electron chi connectivity index (χ4n) is 4.02. The standard InChI is InChI=1S/C17H12F6O2.C10H11FO/c1-3-25-11-7-5-9-8-4-6-10(24-2)14(18)12(8)16(20,21)17(22,23)13(9)15(11)19;1-2-3-9-5-4-8(7-12)6-10(9)11/h4-7H,3H2,1-2H3;4-7H,2-3H2,1H3. The van der Waals surface area contributed by atoms with Crippen molar-refractivity contribution in [1.29, 1.82) is 0 Å². The fraction of sp³-hybridized carbons (Fsp3) is 0.296. The minimum Gasteiger partial charge on any atom is -0.494 e. The molecule has 0 unspecified atom stereocenters. The monoisotopic (exact) mass is 528 g/mol. The van der Waals surface area contributed by atoms with E-state index < -0.39 is 57.2 Å². The Kier molecular flexibility index (Phi) is 8.19. The van der Waals surface area contributed by atoms with E-state index in [1.165, 1.54) is 13.0 Å². The second kappa shape index (κ2) is 10.8. The number of halogens is 7. The Morgan fingerprint density at radius 2 is 1.35 bits per heavy atom. The van der Waals surface area contributed by atoms with Crippen LogP contribution in [0.15, 0.2) is 42.5 Å². The van der Waals surface area contributed by atoms with Gasteiger partial charge in [0, 0.05) is 5.56 Å². The molecule has 0 saturated heterocycles. The van der Waals surface area contributed by atoms with Crippen LogP contribution in [0.5, 0.6) is 11.5 Å². The molecule has 1 aliphatic rings. The first-order chi connectivity index (χ1) is 17.5. The molecule has 0 saturated carbocycles. The van der Waals surface area contributed by atoms with Crippen LogP contribution in [0.2, 0.25) is 0 Å². The number of alkyl halides is 4. The van der Waals surface area contributed by atoms with E-state index in [2.05, 4.69) is 4.74 Å². The van der Waals surface area contributed by atoms with E-state index in [1.54, 1.807) is 12.1 Å². The number of hydrogen-bond donors (Lipinski definition) is 0. The summed E-state index contributed by atoms with van der Waals surface area (Å²) in [6.45, 7) is 3.44. The van der Waals surface area contributed by atoms with Crippen LogP contribution < -0.4 is 9.47 Å². The number of carbonyl (C=O) groups is 1. The summed E-state index contributed by atoms with van der Waals surface area (Å²) in [5.41, 5.74) is -3.00. The van der Waals surface area contributed by atoms with Crippen LogP contribution >= 0.6 is 0 Å². The van der Waals surface area contributed by atoms with E-state index in [-0.39, 0.29) is 12.4 Å². The van der Waals surface area contributed by atoms with Crippen molar-refractivity contribution in [3.63, 3.8) is 0 Å². The molecule has 1 aliphatic carbocycles. The highest BCUT2D eigenvalue weighted by molar-refractivity contribution is 5.78. The summed E-state index contributed by atoms with van der Waals surface area (Å²) in [6, 6.07) is 8.66. The van der Waals surface area contributed by atoms with E-state index in [0.717, 1.165) is 44.2 Å². The highest BCUT2D eigenvalue weighted by atomic mass is 19.3. The zero-order valence-electron chi connectivity index (χ0n) is 20.1. The van der Waals surface area contributed by atoms with Gasteiger partial charge in [0.2, 0.25) is 0 Å². The van der Waals surface area contributed by atoms with Crippen LogP contribution in [0.1, 0.15) is 47.3 Å². The van der Waals surface area contributed by atoms with Gasteiger partial charge in [-0.25, -0.2) is 13.2 Å². The fourth-order valence-corrected chi connectivity index (χ4v) is 4.02. The molecule has 3 nitrogen and oxygen atoms in total. The van der Waals surface area contributed by atoms with Gasteiger partial charge < -0.3 is 9.47 Å². The first-order valence-electron chi connectivity index (χ1n) is 11.3. The van der Waals surface area contributed by atoms with E-state index in [0.29, 0.717) is 17.4 Å². The summed E-state index contributed by atoms with van der Waals surface area (Å²) in [5.74, 6) is -14.6.